The molecule has 0 saturated heterocycles. The summed E-state index contributed by atoms with van der Waals surface area (Å²) >= 11 is 0. The van der Waals surface area contributed by atoms with Crippen molar-refractivity contribution in [2.24, 2.45) is 0 Å². The van der Waals surface area contributed by atoms with E-state index in [0.717, 1.165) is 16.9 Å². The number of rotatable bonds is 4. The second-order valence-corrected chi connectivity index (χ2v) is 5.13. The molecule has 0 aliphatic rings. The number of hydrogen-bond acceptors (Lipinski definition) is 3. The minimum absolute atomic E-state index is 0.287. The number of para-hydroxylation sites is 2. The summed E-state index contributed by atoms with van der Waals surface area (Å²) in [5.41, 5.74) is 2.89. The van der Waals surface area contributed by atoms with Crippen molar-refractivity contribution in [3.05, 3.63) is 59.2 Å². The second-order valence-electron chi connectivity index (χ2n) is 5.13. The topological polar surface area (TPSA) is 62.1 Å². The average molecular weight is 294 g/mol. The summed E-state index contributed by atoms with van der Waals surface area (Å²) in [5, 5.41) is 11.8. The summed E-state index contributed by atoms with van der Waals surface area (Å²) in [7, 11) is 0. The molecule has 112 valence electrons. The van der Waals surface area contributed by atoms with Crippen LogP contribution in [0.15, 0.2) is 42.5 Å². The van der Waals surface area contributed by atoms with Gasteiger partial charge in [0.25, 0.3) is 5.91 Å². The van der Waals surface area contributed by atoms with Gasteiger partial charge in [-0.05, 0) is 44.0 Å². The number of amides is 1. The minimum Gasteiger partial charge on any atom is -0.480 e. The summed E-state index contributed by atoms with van der Waals surface area (Å²) in [6.45, 7) is 5.58. The Kier molecular flexibility index (Phi) is 4.80. The maximum Gasteiger partial charge on any atom is 0.265 e. The number of nitriles is 1. The van der Waals surface area contributed by atoms with Crippen molar-refractivity contribution in [3.8, 4) is 11.8 Å². The number of carbonyl (C=O) groups is 1. The van der Waals surface area contributed by atoms with Crippen LogP contribution in [0, 0.1) is 25.2 Å². The fraction of sp³-hybridized carbons (Fsp3) is 0.222. The van der Waals surface area contributed by atoms with Crippen LogP contribution in [0.4, 0.5) is 5.69 Å². The molecule has 0 spiro atoms. The number of anilines is 1. The lowest BCUT2D eigenvalue weighted by molar-refractivity contribution is -0.122. The monoisotopic (exact) mass is 294 g/mol. The normalized spacial score (nSPS) is 11.4. The first-order valence-electron chi connectivity index (χ1n) is 7.05. The number of aryl methyl sites for hydroxylation is 2. The van der Waals surface area contributed by atoms with Crippen molar-refractivity contribution in [3.63, 3.8) is 0 Å². The van der Waals surface area contributed by atoms with Gasteiger partial charge in [-0.1, -0.05) is 30.3 Å². The highest BCUT2D eigenvalue weighted by Crippen LogP contribution is 2.24. The van der Waals surface area contributed by atoms with Crippen molar-refractivity contribution in [1.82, 2.24) is 0 Å². The highest BCUT2D eigenvalue weighted by atomic mass is 16.5. The van der Waals surface area contributed by atoms with Crippen molar-refractivity contribution < 1.29 is 9.53 Å². The van der Waals surface area contributed by atoms with E-state index in [2.05, 4.69) is 11.4 Å². The van der Waals surface area contributed by atoms with E-state index in [0.29, 0.717) is 11.3 Å². The molecule has 1 N–H and O–H groups in total. The standard InChI is InChI=1S/C18H18N2O2/c1-12-7-6-8-13(2)17(12)22-14(3)18(21)20-16-10-5-4-9-15(16)11-19/h4-10,14H,1-3H3,(H,20,21). The molecule has 0 saturated carbocycles. The lowest BCUT2D eigenvalue weighted by atomic mass is 10.1. The molecular formula is C18H18N2O2. The van der Waals surface area contributed by atoms with Gasteiger partial charge in [-0.15, -0.1) is 0 Å². The predicted molar refractivity (Wildman–Crippen MR) is 85.8 cm³/mol. The van der Waals surface area contributed by atoms with Crippen molar-refractivity contribution in [1.29, 1.82) is 5.26 Å². The first-order chi connectivity index (χ1) is 10.5. The smallest absolute Gasteiger partial charge is 0.265 e. The van der Waals surface area contributed by atoms with E-state index in [1.54, 1.807) is 31.2 Å². The van der Waals surface area contributed by atoms with Crippen LogP contribution in [0.3, 0.4) is 0 Å². The highest BCUT2D eigenvalue weighted by molar-refractivity contribution is 5.95. The van der Waals surface area contributed by atoms with Crippen LogP contribution >= 0.6 is 0 Å². The van der Waals surface area contributed by atoms with Gasteiger partial charge >= 0.3 is 0 Å². The molecule has 0 aromatic heterocycles. The Morgan fingerprint density at radius 1 is 1.14 bits per heavy atom. The van der Waals surface area contributed by atoms with Gasteiger partial charge < -0.3 is 10.1 Å². The van der Waals surface area contributed by atoms with Crippen LogP contribution in [0.1, 0.15) is 23.6 Å². The summed E-state index contributed by atoms with van der Waals surface area (Å²) < 4.78 is 5.79. The van der Waals surface area contributed by atoms with Gasteiger partial charge in [0.2, 0.25) is 0 Å². The van der Waals surface area contributed by atoms with Crippen molar-refractivity contribution in [2.45, 2.75) is 26.9 Å². The lowest BCUT2D eigenvalue weighted by Gasteiger charge is -2.18. The third-order valence-electron chi connectivity index (χ3n) is 3.38. The molecule has 0 fully saturated rings. The number of nitrogens with zero attached hydrogens (tertiary/aromatic N) is 1. The zero-order valence-corrected chi connectivity index (χ0v) is 12.9. The predicted octanol–water partition coefficient (Wildman–Crippen LogP) is 3.58. The van der Waals surface area contributed by atoms with E-state index in [1.807, 2.05) is 32.0 Å². The van der Waals surface area contributed by atoms with Gasteiger partial charge in [0.1, 0.15) is 11.8 Å². The van der Waals surface area contributed by atoms with E-state index in [-0.39, 0.29) is 5.91 Å². The lowest BCUT2D eigenvalue weighted by Crippen LogP contribution is -2.30. The fourth-order valence-corrected chi connectivity index (χ4v) is 2.14. The molecule has 2 aromatic carbocycles. The van der Waals surface area contributed by atoms with Gasteiger partial charge in [0, 0.05) is 0 Å². The molecule has 0 aliphatic heterocycles. The average Bonchev–Trinajstić information content (AvgIpc) is 2.51. The van der Waals surface area contributed by atoms with Crippen molar-refractivity contribution >= 4 is 11.6 Å². The van der Waals surface area contributed by atoms with Crippen LogP contribution in [0.5, 0.6) is 5.75 Å². The molecule has 0 heterocycles. The van der Waals surface area contributed by atoms with Gasteiger partial charge in [0.05, 0.1) is 11.3 Å². The van der Waals surface area contributed by atoms with Crippen LogP contribution in [0.25, 0.3) is 0 Å². The van der Waals surface area contributed by atoms with Crippen LogP contribution in [-0.4, -0.2) is 12.0 Å². The Bertz CT molecular complexity index is 712. The van der Waals surface area contributed by atoms with E-state index in [4.69, 9.17) is 10.00 Å². The van der Waals surface area contributed by atoms with E-state index in [1.165, 1.54) is 0 Å². The summed E-state index contributed by atoms with van der Waals surface area (Å²) in [5.74, 6) is 0.434. The molecule has 0 radical (unpaired) electrons. The van der Waals surface area contributed by atoms with Gasteiger partial charge in [0.15, 0.2) is 6.10 Å². The molecule has 22 heavy (non-hydrogen) atoms. The number of hydrogen-bond donors (Lipinski definition) is 1. The Hall–Kier alpha value is -2.80. The zero-order valence-electron chi connectivity index (χ0n) is 12.9. The quantitative estimate of drug-likeness (QED) is 0.937. The van der Waals surface area contributed by atoms with Crippen LogP contribution < -0.4 is 10.1 Å². The van der Waals surface area contributed by atoms with E-state index >= 15 is 0 Å². The van der Waals surface area contributed by atoms with Gasteiger partial charge in [-0.2, -0.15) is 5.26 Å². The van der Waals surface area contributed by atoms with Crippen LogP contribution in [0.2, 0.25) is 0 Å². The first kappa shape index (κ1) is 15.6. The Morgan fingerprint density at radius 2 is 1.77 bits per heavy atom. The van der Waals surface area contributed by atoms with E-state index < -0.39 is 6.10 Å². The molecule has 1 amide bonds. The largest absolute Gasteiger partial charge is 0.480 e. The number of nitrogens with one attached hydrogen (secondary N) is 1. The Morgan fingerprint density at radius 3 is 2.41 bits per heavy atom. The summed E-state index contributed by atoms with van der Waals surface area (Å²) in [6.07, 6.45) is -0.661. The second kappa shape index (κ2) is 6.77. The molecule has 0 aliphatic carbocycles. The summed E-state index contributed by atoms with van der Waals surface area (Å²) in [4.78, 5) is 12.3. The third kappa shape index (κ3) is 3.44. The number of benzene rings is 2. The molecule has 1 unspecified atom stereocenters. The zero-order chi connectivity index (χ0) is 16.1. The Balaban J connectivity index is 2.12. The molecule has 1 atom stereocenters. The molecule has 0 bridgehead atoms. The van der Waals surface area contributed by atoms with E-state index in [9.17, 15) is 4.79 Å². The third-order valence-corrected chi connectivity index (χ3v) is 3.38. The number of ether oxygens (including phenoxy) is 1. The molecule has 4 heteroatoms. The fourth-order valence-electron chi connectivity index (χ4n) is 2.14. The van der Waals surface area contributed by atoms with Gasteiger partial charge in [-0.25, -0.2) is 0 Å². The van der Waals surface area contributed by atoms with Crippen LogP contribution in [-0.2, 0) is 4.79 Å². The van der Waals surface area contributed by atoms with Crippen molar-refractivity contribution in [2.75, 3.05) is 5.32 Å². The molecule has 2 rings (SSSR count). The van der Waals surface area contributed by atoms with Gasteiger partial charge in [-0.3, -0.25) is 4.79 Å². The maximum absolute atomic E-state index is 12.3. The molecule has 2 aromatic rings. The molecule has 4 nitrogen and oxygen atoms in total. The Labute approximate surface area is 130 Å². The number of carbonyl (C=O) groups excluding carboxylic acids is 1. The summed E-state index contributed by atoms with van der Waals surface area (Å²) in [6, 6.07) is 14.8. The first-order valence-corrected chi connectivity index (χ1v) is 7.05. The minimum atomic E-state index is -0.661. The SMILES string of the molecule is Cc1cccc(C)c1OC(C)C(=O)Nc1ccccc1C#N. The molecular weight excluding hydrogens is 276 g/mol. The maximum atomic E-state index is 12.3. The highest BCUT2D eigenvalue weighted by Gasteiger charge is 2.17.